The maximum absolute atomic E-state index is 11.6. The molecule has 0 spiro atoms. The Morgan fingerprint density at radius 1 is 1.40 bits per heavy atom. The fourth-order valence-electron chi connectivity index (χ4n) is 1.55. The summed E-state index contributed by atoms with van der Waals surface area (Å²) in [4.78, 5) is 11.6. The van der Waals surface area contributed by atoms with Gasteiger partial charge in [0.1, 0.15) is 5.75 Å². The molecule has 112 valence electrons. The second-order valence-corrected chi connectivity index (χ2v) is 5.87. The van der Waals surface area contributed by atoms with Crippen molar-refractivity contribution in [3.05, 3.63) is 28.2 Å². The quantitative estimate of drug-likeness (QED) is 0.763. The monoisotopic (exact) mass is 342 g/mol. The molecule has 1 rings (SSSR count). The van der Waals surface area contributed by atoms with Crippen molar-refractivity contribution in [2.75, 3.05) is 19.7 Å². The molecule has 0 saturated heterocycles. The van der Waals surface area contributed by atoms with Crippen LogP contribution in [0.5, 0.6) is 5.75 Å². The highest BCUT2D eigenvalue weighted by atomic mass is 79.9. The molecule has 0 atom stereocenters. The largest absolute Gasteiger partial charge is 0.484 e. The van der Waals surface area contributed by atoms with Crippen molar-refractivity contribution < 1.29 is 9.53 Å². The third-order valence-corrected chi connectivity index (χ3v) is 3.43. The Morgan fingerprint density at radius 3 is 2.80 bits per heavy atom. The van der Waals surface area contributed by atoms with E-state index >= 15 is 0 Å². The van der Waals surface area contributed by atoms with Crippen LogP contribution in [0.4, 0.5) is 0 Å². The summed E-state index contributed by atoms with van der Waals surface area (Å²) in [5, 5.41) is 6.09. The molecule has 4 nitrogen and oxygen atoms in total. The van der Waals surface area contributed by atoms with Crippen LogP contribution in [0, 0.1) is 5.92 Å². The number of halogens is 1. The van der Waals surface area contributed by atoms with Crippen molar-refractivity contribution in [2.24, 2.45) is 5.92 Å². The van der Waals surface area contributed by atoms with Gasteiger partial charge in [-0.05, 0) is 36.2 Å². The highest BCUT2D eigenvalue weighted by molar-refractivity contribution is 9.10. The minimum absolute atomic E-state index is 0.0506. The van der Waals surface area contributed by atoms with Crippen LogP contribution >= 0.6 is 15.9 Å². The predicted molar refractivity (Wildman–Crippen MR) is 84.9 cm³/mol. The Bertz CT molecular complexity index is 436. The maximum Gasteiger partial charge on any atom is 0.257 e. The number of hydrogen-bond acceptors (Lipinski definition) is 3. The first-order valence-corrected chi connectivity index (χ1v) is 7.70. The average molecular weight is 343 g/mol. The van der Waals surface area contributed by atoms with E-state index in [4.69, 9.17) is 4.74 Å². The normalized spacial score (nSPS) is 10.7. The lowest BCUT2D eigenvalue weighted by Gasteiger charge is -2.11. The summed E-state index contributed by atoms with van der Waals surface area (Å²) >= 11 is 3.51. The Morgan fingerprint density at radius 2 is 2.15 bits per heavy atom. The van der Waals surface area contributed by atoms with Gasteiger partial charge in [-0.3, -0.25) is 4.79 Å². The van der Waals surface area contributed by atoms with Gasteiger partial charge in [0.2, 0.25) is 0 Å². The van der Waals surface area contributed by atoms with Gasteiger partial charge < -0.3 is 15.4 Å². The van der Waals surface area contributed by atoms with Gasteiger partial charge in [0, 0.05) is 17.6 Å². The van der Waals surface area contributed by atoms with E-state index in [0.717, 1.165) is 23.1 Å². The third kappa shape index (κ3) is 6.39. The summed E-state index contributed by atoms with van der Waals surface area (Å²) in [5.41, 5.74) is 1.12. The van der Waals surface area contributed by atoms with E-state index in [1.165, 1.54) is 0 Å². The Kier molecular flexibility index (Phi) is 7.62. The van der Waals surface area contributed by atoms with Crippen molar-refractivity contribution in [1.29, 1.82) is 0 Å². The Balaban J connectivity index is 2.49. The molecule has 0 heterocycles. The van der Waals surface area contributed by atoms with Gasteiger partial charge in [0.15, 0.2) is 6.61 Å². The van der Waals surface area contributed by atoms with Gasteiger partial charge in [-0.25, -0.2) is 0 Å². The number of carbonyl (C=O) groups excluding carboxylic acids is 1. The minimum Gasteiger partial charge on any atom is -0.484 e. The van der Waals surface area contributed by atoms with Crippen LogP contribution in [0.3, 0.4) is 0 Å². The van der Waals surface area contributed by atoms with E-state index in [2.05, 4.69) is 47.3 Å². The van der Waals surface area contributed by atoms with E-state index in [1.807, 2.05) is 18.2 Å². The summed E-state index contributed by atoms with van der Waals surface area (Å²) in [6.45, 7) is 8.59. The molecule has 0 aliphatic heterocycles. The molecular weight excluding hydrogens is 320 g/mol. The second kappa shape index (κ2) is 8.97. The zero-order valence-electron chi connectivity index (χ0n) is 12.3. The van der Waals surface area contributed by atoms with Crippen LogP contribution in [0.2, 0.25) is 0 Å². The Hall–Kier alpha value is -1.07. The number of benzene rings is 1. The van der Waals surface area contributed by atoms with Crippen molar-refractivity contribution >= 4 is 21.8 Å². The van der Waals surface area contributed by atoms with Gasteiger partial charge in [-0.1, -0.05) is 36.7 Å². The molecule has 0 unspecified atom stereocenters. The first-order valence-electron chi connectivity index (χ1n) is 6.91. The van der Waals surface area contributed by atoms with Crippen molar-refractivity contribution in [2.45, 2.75) is 27.3 Å². The molecule has 0 bridgehead atoms. The maximum atomic E-state index is 11.6. The number of carbonyl (C=O) groups is 1. The van der Waals surface area contributed by atoms with Gasteiger partial charge in [-0.2, -0.15) is 0 Å². The summed E-state index contributed by atoms with van der Waals surface area (Å²) in [6, 6.07) is 5.74. The molecule has 1 aromatic carbocycles. The molecular formula is C15H23BrN2O2. The number of hydrogen-bond donors (Lipinski definition) is 2. The zero-order chi connectivity index (χ0) is 15.0. The summed E-state index contributed by atoms with van der Waals surface area (Å²) in [5.74, 6) is 1.06. The second-order valence-electron chi connectivity index (χ2n) is 5.02. The number of ether oxygens (including phenoxy) is 1. The van der Waals surface area contributed by atoms with Crippen LogP contribution in [-0.4, -0.2) is 25.6 Å². The first-order chi connectivity index (χ1) is 9.52. The fourth-order valence-corrected chi connectivity index (χ4v) is 1.94. The summed E-state index contributed by atoms with van der Waals surface area (Å²) < 4.78 is 6.55. The molecule has 1 amide bonds. The van der Waals surface area contributed by atoms with Gasteiger partial charge in [-0.15, -0.1) is 0 Å². The van der Waals surface area contributed by atoms with E-state index < -0.39 is 0 Å². The third-order valence-electron chi connectivity index (χ3n) is 2.66. The molecule has 0 aliphatic carbocycles. The standard InChI is InChI=1S/C15H23BrN2O2/c1-4-17-9-12-7-13(5-6-14(12)16)20-10-15(19)18-8-11(2)3/h5-7,11,17H,4,8-10H2,1-3H3,(H,18,19). The molecule has 2 N–H and O–H groups in total. The lowest BCUT2D eigenvalue weighted by molar-refractivity contribution is -0.123. The molecule has 0 aromatic heterocycles. The number of amides is 1. The van der Waals surface area contributed by atoms with E-state index in [0.29, 0.717) is 18.2 Å². The number of rotatable bonds is 8. The van der Waals surface area contributed by atoms with Crippen LogP contribution in [-0.2, 0) is 11.3 Å². The van der Waals surface area contributed by atoms with Crippen LogP contribution < -0.4 is 15.4 Å². The molecule has 0 aliphatic rings. The smallest absolute Gasteiger partial charge is 0.257 e. The lowest BCUT2D eigenvalue weighted by atomic mass is 10.2. The van der Waals surface area contributed by atoms with Gasteiger partial charge in [0.25, 0.3) is 5.91 Å². The average Bonchev–Trinajstić information content (AvgIpc) is 2.42. The molecule has 1 aromatic rings. The summed E-state index contributed by atoms with van der Waals surface area (Å²) in [7, 11) is 0. The lowest BCUT2D eigenvalue weighted by Crippen LogP contribution is -2.31. The predicted octanol–water partition coefficient (Wildman–Crippen LogP) is 2.71. The van der Waals surface area contributed by atoms with E-state index in [9.17, 15) is 4.79 Å². The SMILES string of the molecule is CCNCc1cc(OCC(=O)NCC(C)C)ccc1Br. The molecule has 20 heavy (non-hydrogen) atoms. The van der Waals surface area contributed by atoms with Crippen molar-refractivity contribution in [3.63, 3.8) is 0 Å². The topological polar surface area (TPSA) is 50.4 Å². The van der Waals surface area contributed by atoms with E-state index in [-0.39, 0.29) is 12.5 Å². The molecule has 0 saturated carbocycles. The van der Waals surface area contributed by atoms with E-state index in [1.54, 1.807) is 0 Å². The molecule has 5 heteroatoms. The molecule has 0 radical (unpaired) electrons. The van der Waals surface area contributed by atoms with Crippen molar-refractivity contribution in [1.82, 2.24) is 10.6 Å². The van der Waals surface area contributed by atoms with Gasteiger partial charge >= 0.3 is 0 Å². The van der Waals surface area contributed by atoms with Crippen LogP contribution in [0.1, 0.15) is 26.3 Å². The highest BCUT2D eigenvalue weighted by Crippen LogP contribution is 2.22. The highest BCUT2D eigenvalue weighted by Gasteiger charge is 2.06. The Labute approximate surface area is 129 Å². The van der Waals surface area contributed by atoms with Crippen molar-refractivity contribution in [3.8, 4) is 5.75 Å². The zero-order valence-corrected chi connectivity index (χ0v) is 13.9. The van der Waals surface area contributed by atoms with Gasteiger partial charge in [0.05, 0.1) is 0 Å². The van der Waals surface area contributed by atoms with Crippen LogP contribution in [0.25, 0.3) is 0 Å². The molecule has 0 fully saturated rings. The summed E-state index contributed by atoms with van der Waals surface area (Å²) in [6.07, 6.45) is 0. The first kappa shape index (κ1) is 17.0. The minimum atomic E-state index is -0.0881. The van der Waals surface area contributed by atoms with Crippen LogP contribution in [0.15, 0.2) is 22.7 Å². The number of nitrogens with one attached hydrogen (secondary N) is 2. The fraction of sp³-hybridized carbons (Fsp3) is 0.533.